The van der Waals surface area contributed by atoms with Crippen LogP contribution in [0, 0.1) is 29.5 Å². The van der Waals surface area contributed by atoms with E-state index in [1.807, 2.05) is 6.07 Å². The van der Waals surface area contributed by atoms with Crippen LogP contribution in [0.2, 0.25) is 0 Å². The Balaban J connectivity index is 1.20. The molecule has 1 heterocycles. The summed E-state index contributed by atoms with van der Waals surface area (Å²) in [6.07, 6.45) is 15.9. The van der Waals surface area contributed by atoms with E-state index in [9.17, 15) is 8.78 Å². The number of alkyl halides is 1. The molecule has 1 aliphatic heterocycles. The summed E-state index contributed by atoms with van der Waals surface area (Å²) in [4.78, 5) is 0. The molecule has 1 aromatic carbocycles. The fourth-order valence-electron chi connectivity index (χ4n) is 6.69. The number of benzene rings is 1. The Morgan fingerprint density at radius 2 is 1.58 bits per heavy atom. The van der Waals surface area contributed by atoms with Crippen LogP contribution < -0.4 is 4.74 Å². The highest BCUT2D eigenvalue weighted by atomic mass is 19.1. The van der Waals surface area contributed by atoms with Crippen LogP contribution in [0.5, 0.6) is 5.75 Å². The lowest BCUT2D eigenvalue weighted by Gasteiger charge is -2.41. The van der Waals surface area contributed by atoms with E-state index in [-0.39, 0.29) is 5.75 Å². The Morgan fingerprint density at radius 3 is 2.16 bits per heavy atom. The van der Waals surface area contributed by atoms with Gasteiger partial charge in [0, 0.05) is 6.61 Å². The molecule has 1 saturated heterocycles. The monoisotopic (exact) mass is 434 g/mol. The summed E-state index contributed by atoms with van der Waals surface area (Å²) < 4.78 is 37.4. The number of hydrogen-bond donors (Lipinski definition) is 0. The summed E-state index contributed by atoms with van der Waals surface area (Å²) in [6, 6.07) is 5.05. The lowest BCUT2D eigenvalue weighted by Crippen LogP contribution is -2.35. The van der Waals surface area contributed by atoms with Gasteiger partial charge in [0.05, 0.1) is 6.10 Å². The zero-order valence-electron chi connectivity index (χ0n) is 19.2. The van der Waals surface area contributed by atoms with Gasteiger partial charge in [-0.15, -0.1) is 0 Å². The quantitative estimate of drug-likeness (QED) is 0.436. The van der Waals surface area contributed by atoms with Crippen LogP contribution in [-0.2, 0) is 4.74 Å². The highest BCUT2D eigenvalue weighted by molar-refractivity contribution is 5.31. The summed E-state index contributed by atoms with van der Waals surface area (Å²) in [7, 11) is 0. The minimum atomic E-state index is -0.990. The van der Waals surface area contributed by atoms with Crippen LogP contribution >= 0.6 is 0 Å². The lowest BCUT2D eigenvalue weighted by molar-refractivity contribution is -0.0617. The minimum absolute atomic E-state index is 0.0134. The average Bonchev–Trinajstić information content (AvgIpc) is 2.82. The molecule has 3 fully saturated rings. The molecule has 2 saturated carbocycles. The first kappa shape index (κ1) is 23.0. The van der Waals surface area contributed by atoms with Crippen molar-refractivity contribution in [1.29, 1.82) is 0 Å². The average molecular weight is 435 g/mol. The normalized spacial score (nSPS) is 34.4. The summed E-state index contributed by atoms with van der Waals surface area (Å²) in [5.74, 6) is 3.27. The number of hydrogen-bond acceptors (Lipinski definition) is 2. The van der Waals surface area contributed by atoms with Gasteiger partial charge >= 0.3 is 0 Å². The van der Waals surface area contributed by atoms with Gasteiger partial charge in [-0.2, -0.15) is 0 Å². The van der Waals surface area contributed by atoms with E-state index >= 15 is 0 Å². The van der Waals surface area contributed by atoms with Crippen LogP contribution in [0.1, 0.15) is 95.5 Å². The number of ether oxygens (including phenoxy) is 2. The van der Waals surface area contributed by atoms with Crippen LogP contribution in [0.15, 0.2) is 18.2 Å². The Morgan fingerprint density at radius 1 is 0.903 bits per heavy atom. The van der Waals surface area contributed by atoms with E-state index in [4.69, 9.17) is 9.47 Å². The second-order valence-corrected chi connectivity index (χ2v) is 10.3. The van der Waals surface area contributed by atoms with E-state index in [1.54, 1.807) is 12.1 Å². The van der Waals surface area contributed by atoms with Crippen molar-refractivity contribution >= 4 is 0 Å². The maximum absolute atomic E-state index is 14.1. The molecule has 2 aliphatic carbocycles. The molecule has 31 heavy (non-hydrogen) atoms. The molecule has 0 spiro atoms. The van der Waals surface area contributed by atoms with Gasteiger partial charge in [0.2, 0.25) is 6.86 Å². The Bertz CT molecular complexity index is 670. The second kappa shape index (κ2) is 11.1. The Hall–Kier alpha value is -1.16. The molecule has 2 atom stereocenters. The van der Waals surface area contributed by atoms with Crippen LogP contribution in [0.3, 0.4) is 0 Å². The molecule has 0 aromatic heterocycles. The van der Waals surface area contributed by atoms with Crippen molar-refractivity contribution in [1.82, 2.24) is 0 Å². The third-order valence-corrected chi connectivity index (χ3v) is 8.52. The molecule has 2 nitrogen and oxygen atoms in total. The summed E-state index contributed by atoms with van der Waals surface area (Å²) >= 11 is 0. The van der Waals surface area contributed by atoms with Gasteiger partial charge in [0.15, 0.2) is 11.6 Å². The first-order chi connectivity index (χ1) is 15.2. The van der Waals surface area contributed by atoms with Crippen molar-refractivity contribution in [3.63, 3.8) is 0 Å². The molecule has 0 bridgehead atoms. The zero-order valence-corrected chi connectivity index (χ0v) is 19.2. The maximum atomic E-state index is 14.1. The van der Waals surface area contributed by atoms with Gasteiger partial charge in [-0.25, -0.2) is 8.78 Å². The van der Waals surface area contributed by atoms with Gasteiger partial charge in [-0.1, -0.05) is 19.4 Å². The SMILES string of the molecule is CCCC1CCC(C2CCC(C3CCC(c4ccc(OCF)c(F)c4)CC3)CC2)OC1. The summed E-state index contributed by atoms with van der Waals surface area (Å²) in [6.45, 7) is 2.28. The van der Waals surface area contributed by atoms with Crippen LogP contribution in [0.25, 0.3) is 0 Å². The topological polar surface area (TPSA) is 18.5 Å². The summed E-state index contributed by atoms with van der Waals surface area (Å²) in [5.41, 5.74) is 1.04. The molecule has 0 amide bonds. The molecule has 3 aliphatic rings. The van der Waals surface area contributed by atoms with Crippen molar-refractivity contribution in [2.24, 2.45) is 23.7 Å². The standard InChI is InChI=1S/C27H40F2O2/c1-2-3-19-4-14-26(30-17-19)23-11-9-21(10-12-23)20-5-7-22(8-6-20)24-13-15-27(31-18-28)25(29)16-24/h13,15-16,19-23,26H,2-12,14,17-18H2,1H3. The van der Waals surface area contributed by atoms with Crippen molar-refractivity contribution < 1.29 is 18.3 Å². The van der Waals surface area contributed by atoms with Crippen LogP contribution in [0.4, 0.5) is 8.78 Å². The zero-order chi connectivity index (χ0) is 21.6. The number of halogens is 2. The fourth-order valence-corrected chi connectivity index (χ4v) is 6.69. The predicted molar refractivity (Wildman–Crippen MR) is 121 cm³/mol. The molecule has 4 rings (SSSR count). The Labute approximate surface area is 187 Å². The summed E-state index contributed by atoms with van der Waals surface area (Å²) in [5, 5.41) is 0. The third-order valence-electron chi connectivity index (χ3n) is 8.52. The van der Waals surface area contributed by atoms with E-state index in [0.717, 1.165) is 48.7 Å². The second-order valence-electron chi connectivity index (χ2n) is 10.3. The van der Waals surface area contributed by atoms with Crippen molar-refractivity contribution in [2.45, 2.75) is 96.0 Å². The van der Waals surface area contributed by atoms with Crippen LogP contribution in [-0.4, -0.2) is 19.6 Å². The van der Waals surface area contributed by atoms with Crippen molar-refractivity contribution in [3.8, 4) is 5.75 Å². The molecular weight excluding hydrogens is 394 g/mol. The van der Waals surface area contributed by atoms with Gasteiger partial charge in [0.1, 0.15) is 0 Å². The van der Waals surface area contributed by atoms with E-state index in [1.165, 1.54) is 64.2 Å². The predicted octanol–water partition coefficient (Wildman–Crippen LogP) is 7.81. The first-order valence-electron chi connectivity index (χ1n) is 12.8. The minimum Gasteiger partial charge on any atom is -0.460 e. The molecule has 0 radical (unpaired) electrons. The highest BCUT2D eigenvalue weighted by Gasteiger charge is 2.35. The largest absolute Gasteiger partial charge is 0.460 e. The molecule has 2 unspecified atom stereocenters. The first-order valence-corrected chi connectivity index (χ1v) is 12.8. The molecule has 4 heteroatoms. The molecule has 1 aromatic rings. The fraction of sp³-hybridized carbons (Fsp3) is 0.778. The number of rotatable bonds is 7. The van der Waals surface area contributed by atoms with E-state index in [2.05, 4.69) is 6.92 Å². The third kappa shape index (κ3) is 5.80. The van der Waals surface area contributed by atoms with Crippen molar-refractivity contribution in [2.75, 3.05) is 13.5 Å². The van der Waals surface area contributed by atoms with Gasteiger partial charge in [-0.05, 0) is 118 Å². The van der Waals surface area contributed by atoms with Gasteiger partial charge < -0.3 is 9.47 Å². The van der Waals surface area contributed by atoms with Crippen molar-refractivity contribution in [3.05, 3.63) is 29.6 Å². The van der Waals surface area contributed by atoms with Gasteiger partial charge in [-0.3, -0.25) is 0 Å². The highest BCUT2D eigenvalue weighted by Crippen LogP contribution is 2.45. The van der Waals surface area contributed by atoms with E-state index in [0.29, 0.717) is 12.0 Å². The maximum Gasteiger partial charge on any atom is 0.228 e. The van der Waals surface area contributed by atoms with E-state index < -0.39 is 12.7 Å². The van der Waals surface area contributed by atoms with Gasteiger partial charge in [0.25, 0.3) is 0 Å². The molecular formula is C27H40F2O2. The molecule has 0 N–H and O–H groups in total. The molecule has 174 valence electrons. The Kier molecular flexibility index (Phi) is 8.25. The smallest absolute Gasteiger partial charge is 0.228 e. The lowest BCUT2D eigenvalue weighted by atomic mass is 9.67.